The first-order chi connectivity index (χ1) is 11.3. The number of halogens is 2. The van der Waals surface area contributed by atoms with E-state index in [1.165, 1.54) is 6.92 Å². The fourth-order valence-corrected chi connectivity index (χ4v) is 2.19. The van der Waals surface area contributed by atoms with E-state index in [2.05, 4.69) is 5.32 Å². The molecule has 0 aliphatic heterocycles. The summed E-state index contributed by atoms with van der Waals surface area (Å²) >= 11 is 0. The molecule has 1 amide bonds. The topological polar surface area (TPSA) is 55.4 Å². The molecule has 1 N–H and O–H groups in total. The van der Waals surface area contributed by atoms with Crippen LogP contribution in [0.15, 0.2) is 36.4 Å². The van der Waals surface area contributed by atoms with E-state index in [0.717, 1.165) is 23.3 Å². The molecule has 0 heterocycles. The van der Waals surface area contributed by atoms with Crippen LogP contribution in [0, 0.1) is 25.5 Å². The SMILES string of the molecule is Cc1cccc(C)c1NC(=O)[C@H](C)OC(=O)c1cc(F)cc(F)c1. The minimum Gasteiger partial charge on any atom is -0.449 e. The van der Waals surface area contributed by atoms with Crippen LogP contribution >= 0.6 is 0 Å². The number of hydrogen-bond acceptors (Lipinski definition) is 3. The van der Waals surface area contributed by atoms with Gasteiger partial charge in [-0.05, 0) is 44.0 Å². The molecule has 4 nitrogen and oxygen atoms in total. The Morgan fingerprint density at radius 3 is 2.12 bits per heavy atom. The molecular weight excluding hydrogens is 316 g/mol. The number of hydrogen-bond donors (Lipinski definition) is 1. The average molecular weight is 333 g/mol. The van der Waals surface area contributed by atoms with Gasteiger partial charge >= 0.3 is 5.97 Å². The summed E-state index contributed by atoms with van der Waals surface area (Å²) in [7, 11) is 0. The van der Waals surface area contributed by atoms with Gasteiger partial charge in [0.1, 0.15) is 11.6 Å². The molecule has 6 heteroatoms. The molecule has 2 aromatic carbocycles. The van der Waals surface area contributed by atoms with Gasteiger partial charge in [0.15, 0.2) is 6.10 Å². The van der Waals surface area contributed by atoms with Gasteiger partial charge in [-0.1, -0.05) is 18.2 Å². The molecule has 0 aliphatic rings. The summed E-state index contributed by atoms with van der Waals surface area (Å²) < 4.78 is 31.2. The normalized spacial score (nSPS) is 11.7. The minimum absolute atomic E-state index is 0.292. The van der Waals surface area contributed by atoms with Crippen LogP contribution in [0.5, 0.6) is 0 Å². The minimum atomic E-state index is -1.12. The van der Waals surface area contributed by atoms with Gasteiger partial charge < -0.3 is 10.1 Å². The van der Waals surface area contributed by atoms with Gasteiger partial charge in [0.2, 0.25) is 0 Å². The van der Waals surface area contributed by atoms with Crippen molar-refractivity contribution < 1.29 is 23.1 Å². The summed E-state index contributed by atoms with van der Waals surface area (Å²) in [6.07, 6.45) is -1.12. The number of esters is 1. The first-order valence-corrected chi connectivity index (χ1v) is 7.32. The van der Waals surface area contributed by atoms with Crippen LogP contribution in [0.25, 0.3) is 0 Å². The Labute approximate surface area is 138 Å². The number of nitrogens with one attached hydrogen (secondary N) is 1. The quantitative estimate of drug-likeness (QED) is 0.867. The number of ether oxygens (including phenoxy) is 1. The highest BCUT2D eigenvalue weighted by Crippen LogP contribution is 2.20. The maximum Gasteiger partial charge on any atom is 0.339 e. The second-order valence-electron chi connectivity index (χ2n) is 5.46. The van der Waals surface area contributed by atoms with Crippen LogP contribution in [-0.4, -0.2) is 18.0 Å². The van der Waals surface area contributed by atoms with Gasteiger partial charge in [0.25, 0.3) is 5.91 Å². The Morgan fingerprint density at radius 2 is 1.58 bits per heavy atom. The number of amides is 1. The molecule has 0 bridgehead atoms. The Kier molecular flexibility index (Phi) is 5.28. The number of para-hydroxylation sites is 1. The van der Waals surface area contributed by atoms with Gasteiger partial charge in [-0.2, -0.15) is 0 Å². The zero-order valence-corrected chi connectivity index (χ0v) is 13.5. The van der Waals surface area contributed by atoms with Gasteiger partial charge in [-0.15, -0.1) is 0 Å². The number of carbonyl (C=O) groups excluding carboxylic acids is 2. The zero-order valence-electron chi connectivity index (χ0n) is 13.5. The highest BCUT2D eigenvalue weighted by Gasteiger charge is 2.21. The largest absolute Gasteiger partial charge is 0.449 e. The maximum absolute atomic E-state index is 13.1. The lowest BCUT2D eigenvalue weighted by Gasteiger charge is -2.16. The average Bonchev–Trinajstić information content (AvgIpc) is 2.49. The van der Waals surface area contributed by atoms with Crippen molar-refractivity contribution in [2.45, 2.75) is 26.9 Å². The van der Waals surface area contributed by atoms with E-state index in [-0.39, 0.29) is 5.56 Å². The lowest BCUT2D eigenvalue weighted by Crippen LogP contribution is -2.30. The number of rotatable bonds is 4. The molecule has 0 spiro atoms. The first-order valence-electron chi connectivity index (χ1n) is 7.32. The molecule has 2 aromatic rings. The van der Waals surface area contributed by atoms with Crippen molar-refractivity contribution in [3.05, 3.63) is 64.7 Å². The van der Waals surface area contributed by atoms with Crippen LogP contribution in [0.1, 0.15) is 28.4 Å². The highest BCUT2D eigenvalue weighted by atomic mass is 19.1. The fraction of sp³-hybridized carbons (Fsp3) is 0.222. The summed E-state index contributed by atoms with van der Waals surface area (Å²) in [5.41, 5.74) is 2.09. The fourth-order valence-electron chi connectivity index (χ4n) is 2.19. The lowest BCUT2D eigenvalue weighted by molar-refractivity contribution is -0.123. The molecule has 0 radical (unpaired) electrons. The van der Waals surface area contributed by atoms with Crippen LogP contribution in [0.4, 0.5) is 14.5 Å². The van der Waals surface area contributed by atoms with Crippen molar-refractivity contribution in [3.63, 3.8) is 0 Å². The van der Waals surface area contributed by atoms with E-state index in [1.54, 1.807) is 0 Å². The summed E-state index contributed by atoms with van der Waals surface area (Å²) in [5, 5.41) is 2.69. The van der Waals surface area contributed by atoms with Crippen molar-refractivity contribution in [2.24, 2.45) is 0 Å². The van der Waals surface area contributed by atoms with E-state index in [4.69, 9.17) is 4.74 Å². The molecule has 0 fully saturated rings. The highest BCUT2D eigenvalue weighted by molar-refractivity contribution is 5.98. The predicted molar refractivity (Wildman–Crippen MR) is 85.8 cm³/mol. The number of benzene rings is 2. The van der Waals surface area contributed by atoms with Gasteiger partial charge in [0.05, 0.1) is 5.56 Å². The van der Waals surface area contributed by atoms with Gasteiger partial charge in [-0.3, -0.25) is 4.79 Å². The second-order valence-corrected chi connectivity index (χ2v) is 5.46. The predicted octanol–water partition coefficient (Wildman–Crippen LogP) is 3.77. The van der Waals surface area contributed by atoms with Crippen molar-refractivity contribution in [1.82, 2.24) is 0 Å². The Bertz CT molecular complexity index is 749. The summed E-state index contributed by atoms with van der Waals surface area (Å²) in [5.74, 6) is -3.29. The third-order valence-corrected chi connectivity index (χ3v) is 3.48. The zero-order chi connectivity index (χ0) is 17.9. The summed E-state index contributed by atoms with van der Waals surface area (Å²) in [6.45, 7) is 5.07. The molecule has 126 valence electrons. The van der Waals surface area contributed by atoms with E-state index in [0.29, 0.717) is 11.8 Å². The Balaban J connectivity index is 2.07. The maximum atomic E-state index is 13.1. The number of carbonyl (C=O) groups is 2. The van der Waals surface area contributed by atoms with Crippen LogP contribution in [0.3, 0.4) is 0 Å². The van der Waals surface area contributed by atoms with E-state index >= 15 is 0 Å². The molecule has 1 atom stereocenters. The van der Waals surface area contributed by atoms with Crippen LogP contribution in [0.2, 0.25) is 0 Å². The molecular formula is C18H17F2NO3. The lowest BCUT2D eigenvalue weighted by atomic mass is 10.1. The number of aryl methyl sites for hydroxylation is 2. The Morgan fingerprint density at radius 1 is 1.04 bits per heavy atom. The monoisotopic (exact) mass is 333 g/mol. The standard InChI is InChI=1S/C18H17F2NO3/c1-10-5-4-6-11(2)16(10)21-17(22)12(3)24-18(23)13-7-14(19)9-15(20)8-13/h4-9,12H,1-3H3,(H,21,22)/t12-/m0/s1. The van der Waals surface area contributed by atoms with Gasteiger partial charge in [0, 0.05) is 11.8 Å². The van der Waals surface area contributed by atoms with Crippen LogP contribution in [-0.2, 0) is 9.53 Å². The smallest absolute Gasteiger partial charge is 0.339 e. The summed E-state index contributed by atoms with van der Waals surface area (Å²) in [6, 6.07) is 7.89. The molecule has 0 saturated heterocycles. The van der Waals surface area contributed by atoms with E-state index < -0.39 is 29.6 Å². The van der Waals surface area contributed by atoms with E-state index in [1.807, 2.05) is 32.0 Å². The molecule has 0 unspecified atom stereocenters. The third-order valence-electron chi connectivity index (χ3n) is 3.48. The van der Waals surface area contributed by atoms with Crippen LogP contribution < -0.4 is 5.32 Å². The van der Waals surface area contributed by atoms with Gasteiger partial charge in [-0.25, -0.2) is 13.6 Å². The van der Waals surface area contributed by atoms with Crippen molar-refractivity contribution in [1.29, 1.82) is 0 Å². The molecule has 24 heavy (non-hydrogen) atoms. The molecule has 0 aliphatic carbocycles. The second kappa shape index (κ2) is 7.21. The van der Waals surface area contributed by atoms with Crippen molar-refractivity contribution in [2.75, 3.05) is 5.32 Å². The van der Waals surface area contributed by atoms with Crippen molar-refractivity contribution in [3.8, 4) is 0 Å². The molecule has 2 rings (SSSR count). The molecule has 0 saturated carbocycles. The summed E-state index contributed by atoms with van der Waals surface area (Å²) in [4.78, 5) is 24.1. The number of anilines is 1. The van der Waals surface area contributed by atoms with E-state index in [9.17, 15) is 18.4 Å². The first kappa shape index (κ1) is 17.6. The third kappa shape index (κ3) is 4.16. The Hall–Kier alpha value is -2.76. The molecule has 0 aromatic heterocycles. The van der Waals surface area contributed by atoms with Crippen molar-refractivity contribution >= 4 is 17.6 Å².